The summed E-state index contributed by atoms with van der Waals surface area (Å²) in [7, 11) is 3.09. The molecule has 2 rings (SSSR count). The van der Waals surface area contributed by atoms with Crippen molar-refractivity contribution in [3.63, 3.8) is 0 Å². The molecule has 0 aliphatic heterocycles. The first-order valence-electron chi connectivity index (χ1n) is 6.28. The van der Waals surface area contributed by atoms with Gasteiger partial charge in [0.2, 0.25) is 5.78 Å². The van der Waals surface area contributed by atoms with Crippen LogP contribution in [-0.4, -0.2) is 26.6 Å². The predicted octanol–water partition coefficient (Wildman–Crippen LogP) is 3.57. The minimum atomic E-state index is -0.144. The first-order chi connectivity index (χ1) is 10.2. The van der Waals surface area contributed by atoms with Gasteiger partial charge >= 0.3 is 0 Å². The van der Waals surface area contributed by atoms with Crippen molar-refractivity contribution in [2.45, 2.75) is 0 Å². The molecule has 0 saturated heterocycles. The van der Waals surface area contributed by atoms with Crippen molar-refractivity contribution in [2.75, 3.05) is 20.8 Å². The average Bonchev–Trinajstić information content (AvgIpc) is 2.53. The first-order valence-corrected chi connectivity index (χ1v) is 7.36. The molecule has 21 heavy (non-hydrogen) atoms. The Balaban J connectivity index is 2.12. The minimum Gasteiger partial charge on any atom is -0.497 e. The lowest BCUT2D eigenvalue weighted by molar-refractivity contribution is 0.0918. The highest BCUT2D eigenvalue weighted by Gasteiger charge is 2.14. The van der Waals surface area contributed by atoms with E-state index in [1.165, 1.54) is 7.11 Å². The van der Waals surface area contributed by atoms with Crippen molar-refractivity contribution >= 4 is 28.4 Å². The van der Waals surface area contributed by atoms with Crippen LogP contribution in [0.25, 0.3) is 0 Å². The van der Waals surface area contributed by atoms with Crippen molar-refractivity contribution in [1.82, 2.24) is 0 Å². The number of methoxy groups -OCH3 is 2. The van der Waals surface area contributed by atoms with Crippen LogP contribution in [0.3, 0.4) is 0 Å². The van der Waals surface area contributed by atoms with Gasteiger partial charge in [-0.05, 0) is 46.9 Å². The van der Waals surface area contributed by atoms with Gasteiger partial charge in [0.1, 0.15) is 17.2 Å². The van der Waals surface area contributed by atoms with Crippen LogP contribution in [0.4, 0.5) is 0 Å². The SMILES string of the molecule is COc1ccc(C(=O)COc2ccccc2I)c(OC)c1. The predicted molar refractivity (Wildman–Crippen MR) is 88.5 cm³/mol. The van der Waals surface area contributed by atoms with E-state index in [4.69, 9.17) is 14.2 Å². The lowest BCUT2D eigenvalue weighted by atomic mass is 10.1. The molecule has 0 bridgehead atoms. The summed E-state index contributed by atoms with van der Waals surface area (Å²) in [5.74, 6) is 1.67. The Morgan fingerprint density at radius 3 is 2.48 bits per heavy atom. The largest absolute Gasteiger partial charge is 0.497 e. The molecule has 0 unspecified atom stereocenters. The highest BCUT2D eigenvalue weighted by molar-refractivity contribution is 14.1. The van der Waals surface area contributed by atoms with Gasteiger partial charge in [-0.25, -0.2) is 0 Å². The molecule has 0 aliphatic rings. The Morgan fingerprint density at radius 2 is 1.81 bits per heavy atom. The van der Waals surface area contributed by atoms with Gasteiger partial charge in [0.25, 0.3) is 0 Å². The van der Waals surface area contributed by atoms with E-state index in [2.05, 4.69) is 22.6 Å². The zero-order valence-electron chi connectivity index (χ0n) is 11.8. The Hall–Kier alpha value is -1.76. The van der Waals surface area contributed by atoms with Crippen LogP contribution in [0.2, 0.25) is 0 Å². The van der Waals surface area contributed by atoms with Gasteiger partial charge in [-0.1, -0.05) is 12.1 Å². The summed E-state index contributed by atoms with van der Waals surface area (Å²) in [6.45, 7) is -0.0390. The number of hydrogen-bond acceptors (Lipinski definition) is 4. The van der Waals surface area contributed by atoms with Crippen molar-refractivity contribution < 1.29 is 19.0 Å². The number of carbonyl (C=O) groups is 1. The molecule has 0 atom stereocenters. The molecule has 0 N–H and O–H groups in total. The van der Waals surface area contributed by atoms with Crippen LogP contribution in [-0.2, 0) is 0 Å². The van der Waals surface area contributed by atoms with Gasteiger partial charge in [0.15, 0.2) is 6.61 Å². The molecule has 0 saturated carbocycles. The molecule has 0 fully saturated rings. The number of halogens is 1. The van der Waals surface area contributed by atoms with Crippen LogP contribution < -0.4 is 14.2 Å². The molecule has 4 nitrogen and oxygen atoms in total. The fraction of sp³-hybridized carbons (Fsp3) is 0.188. The van der Waals surface area contributed by atoms with Crippen LogP contribution in [0, 0.1) is 3.57 Å². The van der Waals surface area contributed by atoms with E-state index in [1.807, 2.05) is 24.3 Å². The van der Waals surface area contributed by atoms with Crippen LogP contribution in [0.5, 0.6) is 17.2 Å². The molecule has 0 spiro atoms. The molecule has 5 heteroatoms. The zero-order valence-corrected chi connectivity index (χ0v) is 13.9. The zero-order chi connectivity index (χ0) is 15.2. The lowest BCUT2D eigenvalue weighted by Gasteiger charge is -2.11. The second-order valence-corrected chi connectivity index (χ2v) is 5.37. The van der Waals surface area contributed by atoms with Crippen molar-refractivity contribution in [3.8, 4) is 17.2 Å². The minimum absolute atomic E-state index is 0.0390. The van der Waals surface area contributed by atoms with Gasteiger partial charge in [0, 0.05) is 6.07 Å². The topological polar surface area (TPSA) is 44.8 Å². The quantitative estimate of drug-likeness (QED) is 0.552. The van der Waals surface area contributed by atoms with E-state index >= 15 is 0 Å². The normalized spacial score (nSPS) is 10.0. The molecule has 0 aliphatic carbocycles. The van der Waals surface area contributed by atoms with Crippen LogP contribution in [0.1, 0.15) is 10.4 Å². The van der Waals surface area contributed by atoms with E-state index < -0.39 is 0 Å². The number of para-hydroxylation sites is 1. The molecule has 0 heterocycles. The molecule has 110 valence electrons. The van der Waals surface area contributed by atoms with E-state index in [9.17, 15) is 4.79 Å². The monoisotopic (exact) mass is 398 g/mol. The highest BCUT2D eigenvalue weighted by Crippen LogP contribution is 2.25. The van der Waals surface area contributed by atoms with Gasteiger partial charge < -0.3 is 14.2 Å². The summed E-state index contributed by atoms with van der Waals surface area (Å²) in [6, 6.07) is 12.6. The van der Waals surface area contributed by atoms with Gasteiger partial charge in [-0.3, -0.25) is 4.79 Å². The Kier molecular flexibility index (Phi) is 5.44. The van der Waals surface area contributed by atoms with E-state index in [1.54, 1.807) is 25.3 Å². The molecule has 2 aromatic carbocycles. The third kappa shape index (κ3) is 3.87. The number of ether oxygens (including phenoxy) is 3. The summed E-state index contributed by atoms with van der Waals surface area (Å²) in [5.41, 5.74) is 0.476. The summed E-state index contributed by atoms with van der Waals surface area (Å²) < 4.78 is 16.9. The molecular weight excluding hydrogens is 383 g/mol. The number of carbonyl (C=O) groups excluding carboxylic acids is 1. The molecule has 2 aromatic rings. The number of hydrogen-bond donors (Lipinski definition) is 0. The van der Waals surface area contributed by atoms with Gasteiger partial charge in [-0.15, -0.1) is 0 Å². The number of Topliss-reactive ketones (excluding diaryl/α,β-unsaturated/α-hetero) is 1. The van der Waals surface area contributed by atoms with E-state index in [-0.39, 0.29) is 12.4 Å². The van der Waals surface area contributed by atoms with E-state index in [0.29, 0.717) is 22.8 Å². The van der Waals surface area contributed by atoms with E-state index in [0.717, 1.165) is 3.57 Å². The lowest BCUT2D eigenvalue weighted by Crippen LogP contribution is -2.13. The fourth-order valence-electron chi connectivity index (χ4n) is 1.81. The van der Waals surface area contributed by atoms with Crippen molar-refractivity contribution in [3.05, 3.63) is 51.6 Å². The Bertz CT molecular complexity index is 640. The summed E-state index contributed by atoms with van der Waals surface area (Å²) >= 11 is 2.17. The average molecular weight is 398 g/mol. The van der Waals surface area contributed by atoms with Crippen LogP contribution >= 0.6 is 22.6 Å². The second kappa shape index (κ2) is 7.31. The maximum atomic E-state index is 12.3. The summed E-state index contributed by atoms with van der Waals surface area (Å²) in [4.78, 5) is 12.3. The number of rotatable bonds is 6. The maximum Gasteiger partial charge on any atom is 0.203 e. The Labute approximate surface area is 137 Å². The standard InChI is InChI=1S/C16H15IO4/c1-19-11-7-8-12(16(9-11)20-2)14(18)10-21-15-6-4-3-5-13(15)17/h3-9H,10H2,1-2H3. The van der Waals surface area contributed by atoms with Gasteiger partial charge in [0.05, 0.1) is 23.4 Å². The highest BCUT2D eigenvalue weighted by atomic mass is 127. The van der Waals surface area contributed by atoms with Crippen molar-refractivity contribution in [2.24, 2.45) is 0 Å². The van der Waals surface area contributed by atoms with Crippen molar-refractivity contribution in [1.29, 1.82) is 0 Å². The first kappa shape index (κ1) is 15.6. The number of ketones is 1. The third-order valence-electron chi connectivity index (χ3n) is 2.90. The van der Waals surface area contributed by atoms with Gasteiger partial charge in [-0.2, -0.15) is 0 Å². The summed E-state index contributed by atoms with van der Waals surface area (Å²) in [6.07, 6.45) is 0. The fourth-order valence-corrected chi connectivity index (χ4v) is 2.35. The third-order valence-corrected chi connectivity index (χ3v) is 3.80. The molecule has 0 radical (unpaired) electrons. The molecule has 0 amide bonds. The number of benzene rings is 2. The molecule has 0 aromatic heterocycles. The molecular formula is C16H15IO4. The van der Waals surface area contributed by atoms with Crippen LogP contribution in [0.15, 0.2) is 42.5 Å². The Morgan fingerprint density at radius 1 is 1.05 bits per heavy atom. The maximum absolute atomic E-state index is 12.3. The summed E-state index contributed by atoms with van der Waals surface area (Å²) in [5, 5.41) is 0. The second-order valence-electron chi connectivity index (χ2n) is 4.21. The smallest absolute Gasteiger partial charge is 0.203 e.